The van der Waals surface area contributed by atoms with Crippen LogP contribution in [0, 0.1) is 0 Å². The molecule has 0 saturated carbocycles. The molecular formula is C16H24N2O2. The van der Waals surface area contributed by atoms with Gasteiger partial charge in [-0.15, -0.1) is 0 Å². The maximum Gasteiger partial charge on any atom is 0.329 e. The molecule has 0 amide bonds. The summed E-state index contributed by atoms with van der Waals surface area (Å²) in [6, 6.07) is 9.66. The van der Waals surface area contributed by atoms with E-state index >= 15 is 0 Å². The molecule has 2 N–H and O–H groups in total. The van der Waals surface area contributed by atoms with Gasteiger partial charge in [0.25, 0.3) is 0 Å². The van der Waals surface area contributed by atoms with Crippen LogP contribution in [0.1, 0.15) is 32.6 Å². The Morgan fingerprint density at radius 3 is 2.70 bits per heavy atom. The molecule has 20 heavy (non-hydrogen) atoms. The van der Waals surface area contributed by atoms with Crippen LogP contribution >= 0.6 is 0 Å². The second kappa shape index (κ2) is 6.75. The molecular weight excluding hydrogens is 252 g/mol. The Labute approximate surface area is 120 Å². The van der Waals surface area contributed by atoms with Crippen molar-refractivity contribution in [3.63, 3.8) is 0 Å². The van der Waals surface area contributed by atoms with E-state index in [0.717, 1.165) is 38.2 Å². The second-order valence-electron chi connectivity index (χ2n) is 5.57. The number of likely N-dealkylation sites (tertiary alicyclic amines) is 1. The van der Waals surface area contributed by atoms with Crippen molar-refractivity contribution < 1.29 is 9.90 Å². The van der Waals surface area contributed by atoms with E-state index in [-0.39, 0.29) is 0 Å². The molecule has 4 nitrogen and oxygen atoms in total. The third kappa shape index (κ3) is 3.51. The highest BCUT2D eigenvalue weighted by molar-refractivity contribution is 5.82. The monoisotopic (exact) mass is 276 g/mol. The van der Waals surface area contributed by atoms with E-state index < -0.39 is 11.5 Å². The summed E-state index contributed by atoms with van der Waals surface area (Å²) in [4.78, 5) is 14.2. The predicted molar refractivity (Wildman–Crippen MR) is 81.0 cm³/mol. The van der Waals surface area contributed by atoms with Gasteiger partial charge in [-0.25, -0.2) is 4.79 Å². The van der Waals surface area contributed by atoms with Crippen molar-refractivity contribution >= 4 is 11.7 Å². The zero-order chi connectivity index (χ0) is 14.4. The van der Waals surface area contributed by atoms with Gasteiger partial charge in [-0.2, -0.15) is 0 Å². The van der Waals surface area contributed by atoms with Crippen LogP contribution in [0.3, 0.4) is 0 Å². The number of hydrogen-bond donors (Lipinski definition) is 2. The molecule has 0 spiro atoms. The topological polar surface area (TPSA) is 52.6 Å². The van der Waals surface area contributed by atoms with Crippen LogP contribution in [0.2, 0.25) is 0 Å². The van der Waals surface area contributed by atoms with Crippen LogP contribution in [0.4, 0.5) is 5.69 Å². The quantitative estimate of drug-likeness (QED) is 0.868. The lowest BCUT2D eigenvalue weighted by atomic mass is 9.90. The number of benzene rings is 1. The molecule has 1 atom stereocenters. The number of carboxylic acid groups (broad SMARTS) is 1. The second-order valence-corrected chi connectivity index (χ2v) is 5.57. The lowest BCUT2D eigenvalue weighted by Gasteiger charge is -2.30. The molecule has 0 aromatic heterocycles. The fourth-order valence-corrected chi connectivity index (χ4v) is 2.92. The van der Waals surface area contributed by atoms with Crippen LogP contribution in [-0.4, -0.2) is 41.1 Å². The summed E-state index contributed by atoms with van der Waals surface area (Å²) in [7, 11) is 0. The molecule has 4 heteroatoms. The first-order chi connectivity index (χ1) is 9.66. The summed E-state index contributed by atoms with van der Waals surface area (Å²) in [6.45, 7) is 5.07. The standard InChI is InChI=1S/C16H24N2O2/c1-2-11-18-12-6-9-16(10-13-18,15(19)20)17-14-7-4-3-5-8-14/h3-5,7-8,17H,2,6,9-13H2,1H3,(H,19,20). The van der Waals surface area contributed by atoms with Crippen LogP contribution in [0.15, 0.2) is 30.3 Å². The average Bonchev–Trinajstić information content (AvgIpc) is 2.64. The number of carbonyl (C=O) groups is 1. The van der Waals surface area contributed by atoms with E-state index in [4.69, 9.17) is 0 Å². The molecule has 1 saturated heterocycles. The van der Waals surface area contributed by atoms with Crippen LogP contribution < -0.4 is 5.32 Å². The molecule has 0 aliphatic carbocycles. The van der Waals surface area contributed by atoms with Crippen molar-refractivity contribution in [2.45, 2.75) is 38.1 Å². The molecule has 0 radical (unpaired) electrons. The number of para-hydroxylation sites is 1. The van der Waals surface area contributed by atoms with Crippen LogP contribution in [0.5, 0.6) is 0 Å². The predicted octanol–water partition coefficient (Wildman–Crippen LogP) is 2.82. The van der Waals surface area contributed by atoms with Crippen molar-refractivity contribution in [2.24, 2.45) is 0 Å². The van der Waals surface area contributed by atoms with Crippen LogP contribution in [-0.2, 0) is 4.79 Å². The van der Waals surface area contributed by atoms with E-state index in [0.29, 0.717) is 12.8 Å². The number of anilines is 1. The zero-order valence-corrected chi connectivity index (χ0v) is 12.1. The molecule has 110 valence electrons. The maximum atomic E-state index is 11.8. The summed E-state index contributed by atoms with van der Waals surface area (Å²) < 4.78 is 0. The summed E-state index contributed by atoms with van der Waals surface area (Å²) in [5.74, 6) is -0.736. The van der Waals surface area contributed by atoms with E-state index in [1.54, 1.807) is 0 Å². The lowest BCUT2D eigenvalue weighted by Crippen LogP contribution is -2.47. The molecule has 1 heterocycles. The van der Waals surface area contributed by atoms with Gasteiger partial charge < -0.3 is 15.3 Å². The highest BCUT2D eigenvalue weighted by Crippen LogP contribution is 2.27. The number of rotatable bonds is 5. The van der Waals surface area contributed by atoms with Gasteiger partial charge >= 0.3 is 5.97 Å². The molecule has 1 aliphatic rings. The smallest absolute Gasteiger partial charge is 0.329 e. The van der Waals surface area contributed by atoms with E-state index in [9.17, 15) is 9.90 Å². The Bertz CT molecular complexity index is 435. The molecule has 1 fully saturated rings. The van der Waals surface area contributed by atoms with Gasteiger partial charge in [0, 0.05) is 12.2 Å². The molecule has 2 rings (SSSR count). The summed E-state index contributed by atoms with van der Waals surface area (Å²) in [5.41, 5.74) is 0.0583. The van der Waals surface area contributed by atoms with Gasteiger partial charge in [0.2, 0.25) is 0 Å². The first-order valence-electron chi connectivity index (χ1n) is 7.45. The molecule has 1 aromatic carbocycles. The highest BCUT2D eigenvalue weighted by Gasteiger charge is 2.39. The van der Waals surface area contributed by atoms with Crippen molar-refractivity contribution in [3.05, 3.63) is 30.3 Å². The number of nitrogens with zero attached hydrogens (tertiary/aromatic N) is 1. The lowest BCUT2D eigenvalue weighted by molar-refractivity contribution is -0.142. The summed E-state index contributed by atoms with van der Waals surface area (Å²) in [6.07, 6.45) is 3.37. The third-order valence-corrected chi connectivity index (χ3v) is 4.04. The Kier molecular flexibility index (Phi) is 5.01. The molecule has 1 unspecified atom stereocenters. The minimum absolute atomic E-state index is 0.650. The first-order valence-corrected chi connectivity index (χ1v) is 7.45. The van der Waals surface area contributed by atoms with E-state index in [1.807, 2.05) is 30.3 Å². The number of aliphatic carboxylic acids is 1. The van der Waals surface area contributed by atoms with Gasteiger partial charge in [-0.05, 0) is 50.9 Å². The normalized spacial score (nSPS) is 24.1. The minimum atomic E-state index is -0.830. The molecule has 1 aliphatic heterocycles. The highest BCUT2D eigenvalue weighted by atomic mass is 16.4. The van der Waals surface area contributed by atoms with Crippen molar-refractivity contribution in [2.75, 3.05) is 25.0 Å². The SMILES string of the molecule is CCCN1CCCC(Nc2ccccc2)(C(=O)O)CC1. The Hall–Kier alpha value is -1.55. The fourth-order valence-electron chi connectivity index (χ4n) is 2.92. The van der Waals surface area contributed by atoms with E-state index in [2.05, 4.69) is 17.1 Å². The van der Waals surface area contributed by atoms with Gasteiger partial charge in [0.1, 0.15) is 5.54 Å². The van der Waals surface area contributed by atoms with Crippen molar-refractivity contribution in [1.82, 2.24) is 4.90 Å². The Morgan fingerprint density at radius 1 is 1.30 bits per heavy atom. The Morgan fingerprint density at radius 2 is 2.05 bits per heavy atom. The summed E-state index contributed by atoms with van der Waals surface area (Å²) >= 11 is 0. The largest absolute Gasteiger partial charge is 0.480 e. The van der Waals surface area contributed by atoms with Gasteiger partial charge in [-0.3, -0.25) is 0 Å². The van der Waals surface area contributed by atoms with Crippen LogP contribution in [0.25, 0.3) is 0 Å². The number of hydrogen-bond acceptors (Lipinski definition) is 3. The maximum absolute atomic E-state index is 11.8. The summed E-state index contributed by atoms with van der Waals surface area (Å²) in [5, 5.41) is 13.0. The fraction of sp³-hybridized carbons (Fsp3) is 0.562. The van der Waals surface area contributed by atoms with Crippen molar-refractivity contribution in [1.29, 1.82) is 0 Å². The minimum Gasteiger partial charge on any atom is -0.480 e. The Balaban J connectivity index is 2.12. The number of nitrogens with one attached hydrogen (secondary N) is 1. The molecule has 1 aromatic rings. The third-order valence-electron chi connectivity index (χ3n) is 4.04. The van der Waals surface area contributed by atoms with E-state index in [1.165, 1.54) is 0 Å². The zero-order valence-electron chi connectivity index (χ0n) is 12.1. The number of carboxylic acids is 1. The van der Waals surface area contributed by atoms with Gasteiger partial charge in [0.05, 0.1) is 0 Å². The molecule has 0 bridgehead atoms. The van der Waals surface area contributed by atoms with Gasteiger partial charge in [-0.1, -0.05) is 25.1 Å². The average molecular weight is 276 g/mol. The van der Waals surface area contributed by atoms with Crippen molar-refractivity contribution in [3.8, 4) is 0 Å². The van der Waals surface area contributed by atoms with Gasteiger partial charge in [0.15, 0.2) is 0 Å². The first kappa shape index (κ1) is 14.9.